The van der Waals surface area contributed by atoms with E-state index < -0.39 is 0 Å². The van der Waals surface area contributed by atoms with Crippen LogP contribution in [0.15, 0.2) is 24.3 Å². The molecule has 2 fully saturated rings. The third-order valence-corrected chi connectivity index (χ3v) is 6.06. The largest absolute Gasteiger partial charge is 0.469 e. The molecular weight excluding hydrogens is 411 g/mol. The molecule has 2 aliphatic rings. The molecule has 0 aromatic heterocycles. The third-order valence-electron chi connectivity index (χ3n) is 6.06. The number of carbonyl (C=O) groups excluding carboxylic acids is 1. The van der Waals surface area contributed by atoms with Crippen LogP contribution in [0.25, 0.3) is 0 Å². The summed E-state index contributed by atoms with van der Waals surface area (Å²) < 4.78 is 4.79. The van der Waals surface area contributed by atoms with Gasteiger partial charge in [0, 0.05) is 37.3 Å². The summed E-state index contributed by atoms with van der Waals surface area (Å²) in [5.41, 5.74) is 7.54. The molecule has 0 atom stereocenters. The van der Waals surface area contributed by atoms with Crippen molar-refractivity contribution in [1.29, 1.82) is 5.41 Å². The van der Waals surface area contributed by atoms with E-state index in [9.17, 15) is 4.79 Å². The van der Waals surface area contributed by atoms with E-state index in [1.54, 1.807) is 0 Å². The van der Waals surface area contributed by atoms with Crippen LogP contribution in [-0.4, -0.2) is 56.5 Å². The van der Waals surface area contributed by atoms with Gasteiger partial charge in [0.05, 0.1) is 7.11 Å². The van der Waals surface area contributed by atoms with Gasteiger partial charge < -0.3 is 20.3 Å². The smallest absolute Gasteiger partial charge is 0.305 e. The maximum absolute atomic E-state index is 11.4. The normalized spacial score (nSPS) is 18.4. The molecule has 2 aliphatic heterocycles. The van der Waals surface area contributed by atoms with E-state index in [1.165, 1.54) is 32.2 Å². The monoisotopic (exact) mass is 444 g/mol. The van der Waals surface area contributed by atoms with Gasteiger partial charge in [-0.3, -0.25) is 10.2 Å². The average molecular weight is 445 g/mol. The van der Waals surface area contributed by atoms with Gasteiger partial charge in [-0.25, -0.2) is 0 Å². The predicted molar refractivity (Wildman–Crippen MR) is 123 cm³/mol. The number of nitrogens with one attached hydrogen (secondary N) is 1. The summed E-state index contributed by atoms with van der Waals surface area (Å²) >= 11 is 0. The van der Waals surface area contributed by atoms with Crippen LogP contribution in [-0.2, 0) is 9.53 Å². The number of nitrogens with two attached hydrogens (primary N) is 1. The van der Waals surface area contributed by atoms with Gasteiger partial charge in [-0.1, -0.05) is 0 Å². The number of rotatable bonds is 6. The lowest BCUT2D eigenvalue weighted by Crippen LogP contribution is -2.41. The maximum atomic E-state index is 11.4. The molecular formula is C21H34Cl2N4O2. The summed E-state index contributed by atoms with van der Waals surface area (Å²) in [7, 11) is 1.47. The van der Waals surface area contributed by atoms with Gasteiger partial charge in [0.25, 0.3) is 0 Å². The number of methoxy groups -OCH3 is 1. The van der Waals surface area contributed by atoms with E-state index in [4.69, 9.17) is 15.9 Å². The van der Waals surface area contributed by atoms with Crippen LogP contribution in [0.2, 0.25) is 0 Å². The Bertz CT molecular complexity index is 641. The van der Waals surface area contributed by atoms with E-state index in [0.717, 1.165) is 50.5 Å². The molecule has 3 rings (SSSR count). The van der Waals surface area contributed by atoms with Crippen molar-refractivity contribution in [2.24, 2.45) is 17.6 Å². The fourth-order valence-electron chi connectivity index (χ4n) is 4.28. The van der Waals surface area contributed by atoms with Gasteiger partial charge >= 0.3 is 5.97 Å². The zero-order valence-corrected chi connectivity index (χ0v) is 18.8. The number of nitrogen functional groups attached to an aromatic ring is 1. The minimum absolute atomic E-state index is 0. The highest BCUT2D eigenvalue weighted by atomic mass is 35.5. The van der Waals surface area contributed by atoms with Crippen LogP contribution in [0.5, 0.6) is 0 Å². The number of hydrogen-bond acceptors (Lipinski definition) is 5. The van der Waals surface area contributed by atoms with Crippen LogP contribution in [0.4, 0.5) is 5.69 Å². The highest BCUT2D eigenvalue weighted by Crippen LogP contribution is 2.26. The topological polar surface area (TPSA) is 82.7 Å². The van der Waals surface area contributed by atoms with Gasteiger partial charge in [-0.05, 0) is 74.9 Å². The standard InChI is InChI=1S/C21H32N4O2.2ClH/c1-27-20(26)14-16-6-10-24(11-7-16)15-17-8-12-25(13-9-17)19-4-2-18(3-5-19)21(22)23;;/h2-5,16-17H,6-15H2,1H3,(H3,22,23);2*1H. The van der Waals surface area contributed by atoms with Crippen molar-refractivity contribution in [3.8, 4) is 0 Å². The Morgan fingerprint density at radius 3 is 2.10 bits per heavy atom. The molecule has 6 nitrogen and oxygen atoms in total. The van der Waals surface area contributed by atoms with Crippen LogP contribution in [0, 0.1) is 17.2 Å². The molecule has 3 N–H and O–H groups in total. The van der Waals surface area contributed by atoms with Crippen molar-refractivity contribution < 1.29 is 9.53 Å². The number of anilines is 1. The van der Waals surface area contributed by atoms with E-state index >= 15 is 0 Å². The Morgan fingerprint density at radius 1 is 1.03 bits per heavy atom. The van der Waals surface area contributed by atoms with Crippen LogP contribution in [0.1, 0.15) is 37.7 Å². The van der Waals surface area contributed by atoms with E-state index in [1.807, 2.05) is 12.1 Å². The second-order valence-corrected chi connectivity index (χ2v) is 7.92. The van der Waals surface area contributed by atoms with Crippen molar-refractivity contribution in [3.05, 3.63) is 29.8 Å². The van der Waals surface area contributed by atoms with E-state index in [0.29, 0.717) is 12.3 Å². The quantitative estimate of drug-likeness (QED) is 0.399. The Hall–Kier alpha value is -1.50. The Labute approximate surface area is 186 Å². The first-order valence-corrected chi connectivity index (χ1v) is 10.0. The number of hydrogen-bond donors (Lipinski definition) is 2. The molecule has 0 bridgehead atoms. The Morgan fingerprint density at radius 2 is 1.59 bits per heavy atom. The van der Waals surface area contributed by atoms with E-state index in [-0.39, 0.29) is 36.6 Å². The molecule has 164 valence electrons. The molecule has 0 aliphatic carbocycles. The maximum Gasteiger partial charge on any atom is 0.305 e. The number of ether oxygens (including phenoxy) is 1. The lowest BCUT2D eigenvalue weighted by atomic mass is 9.91. The van der Waals surface area contributed by atoms with Crippen LogP contribution in [0.3, 0.4) is 0 Å². The first-order valence-electron chi connectivity index (χ1n) is 10.0. The number of esters is 1. The van der Waals surface area contributed by atoms with Crippen molar-refractivity contribution in [2.45, 2.75) is 32.1 Å². The number of amidine groups is 1. The lowest BCUT2D eigenvalue weighted by Gasteiger charge is -2.38. The fraction of sp³-hybridized carbons (Fsp3) is 0.619. The van der Waals surface area contributed by atoms with Gasteiger partial charge in [0.15, 0.2) is 0 Å². The summed E-state index contributed by atoms with van der Waals surface area (Å²) in [6.45, 7) is 5.57. The summed E-state index contributed by atoms with van der Waals surface area (Å²) in [5, 5.41) is 7.49. The van der Waals surface area contributed by atoms with Gasteiger partial charge in [0.1, 0.15) is 5.84 Å². The Balaban J connectivity index is 0.00000210. The first kappa shape index (κ1) is 25.5. The van der Waals surface area contributed by atoms with Crippen molar-refractivity contribution >= 4 is 42.3 Å². The highest BCUT2D eigenvalue weighted by molar-refractivity contribution is 5.95. The molecule has 0 saturated carbocycles. The second kappa shape index (κ2) is 12.3. The molecule has 0 unspecified atom stereocenters. The third kappa shape index (κ3) is 7.36. The summed E-state index contributed by atoms with van der Waals surface area (Å²) in [6.07, 6.45) is 5.23. The van der Waals surface area contributed by atoms with Crippen LogP contribution >= 0.6 is 24.8 Å². The van der Waals surface area contributed by atoms with Crippen molar-refractivity contribution in [2.75, 3.05) is 44.7 Å². The number of halogens is 2. The molecule has 1 aromatic carbocycles. The predicted octanol–water partition coefficient (Wildman–Crippen LogP) is 3.31. The van der Waals surface area contributed by atoms with Crippen molar-refractivity contribution in [3.63, 3.8) is 0 Å². The molecule has 2 heterocycles. The molecule has 8 heteroatoms. The summed E-state index contributed by atoms with van der Waals surface area (Å²) in [5.74, 6) is 1.30. The zero-order chi connectivity index (χ0) is 19.2. The van der Waals surface area contributed by atoms with Crippen LogP contribution < -0.4 is 10.6 Å². The molecule has 0 radical (unpaired) electrons. The molecule has 29 heavy (non-hydrogen) atoms. The molecule has 0 spiro atoms. The molecule has 1 aromatic rings. The summed E-state index contributed by atoms with van der Waals surface area (Å²) in [4.78, 5) is 16.4. The lowest BCUT2D eigenvalue weighted by molar-refractivity contribution is -0.142. The Kier molecular flexibility index (Phi) is 10.8. The molecule has 2 saturated heterocycles. The zero-order valence-electron chi connectivity index (χ0n) is 17.1. The fourth-order valence-corrected chi connectivity index (χ4v) is 4.28. The number of likely N-dealkylation sites (tertiary alicyclic amines) is 1. The van der Waals surface area contributed by atoms with Gasteiger partial charge in [0.2, 0.25) is 0 Å². The van der Waals surface area contributed by atoms with E-state index in [2.05, 4.69) is 21.9 Å². The number of piperidine rings is 2. The minimum Gasteiger partial charge on any atom is -0.469 e. The summed E-state index contributed by atoms with van der Waals surface area (Å²) in [6, 6.07) is 8.01. The number of benzene rings is 1. The second-order valence-electron chi connectivity index (χ2n) is 7.92. The van der Waals surface area contributed by atoms with Gasteiger partial charge in [-0.2, -0.15) is 0 Å². The average Bonchev–Trinajstić information content (AvgIpc) is 2.70. The first-order chi connectivity index (χ1) is 13.0. The number of nitrogens with zero attached hydrogens (tertiary/aromatic N) is 2. The number of carbonyl (C=O) groups is 1. The van der Waals surface area contributed by atoms with Crippen molar-refractivity contribution in [1.82, 2.24) is 4.90 Å². The minimum atomic E-state index is -0.0721. The molecule has 0 amide bonds. The van der Waals surface area contributed by atoms with Gasteiger partial charge in [-0.15, -0.1) is 24.8 Å². The SMILES string of the molecule is COC(=O)CC1CCN(CC2CCN(c3ccc(C(=N)N)cc3)CC2)CC1.Cl.Cl. The highest BCUT2D eigenvalue weighted by Gasteiger charge is 2.26.